The molecule has 0 fully saturated rings. The summed E-state index contributed by atoms with van der Waals surface area (Å²) in [6, 6.07) is 4.73. The van der Waals surface area contributed by atoms with Crippen LogP contribution in [0.2, 0.25) is 5.02 Å². The fraction of sp³-hybridized carbons (Fsp3) is 0. The average molecular weight is 287 g/mol. The monoisotopic (exact) mass is 285 g/mol. The molecule has 0 spiro atoms. The molecule has 0 amide bonds. The lowest BCUT2D eigenvalue weighted by Gasteiger charge is -2.03. The highest BCUT2D eigenvalue weighted by Gasteiger charge is 2.11. The minimum absolute atomic E-state index is 0.197. The molecule has 1 aromatic carbocycles. The summed E-state index contributed by atoms with van der Waals surface area (Å²) < 4.78 is 0.688. The maximum absolute atomic E-state index is 11.0. The van der Waals surface area contributed by atoms with Gasteiger partial charge >= 0.3 is 5.97 Å². The van der Waals surface area contributed by atoms with Crippen molar-refractivity contribution in [3.8, 4) is 0 Å². The molecule has 3 nitrogen and oxygen atoms in total. The van der Waals surface area contributed by atoms with Crippen LogP contribution in [0.5, 0.6) is 0 Å². The van der Waals surface area contributed by atoms with Gasteiger partial charge in [-0.05, 0) is 34.1 Å². The van der Waals surface area contributed by atoms with Crippen LogP contribution >= 0.6 is 27.5 Å². The maximum Gasteiger partial charge on any atom is 0.336 e. The second-order valence-corrected chi connectivity index (χ2v) is 4.24. The van der Waals surface area contributed by atoms with Crippen LogP contribution in [0.4, 0.5) is 0 Å². The summed E-state index contributed by atoms with van der Waals surface area (Å²) in [4.78, 5) is 15.0. The van der Waals surface area contributed by atoms with Gasteiger partial charge in [0.05, 0.1) is 11.1 Å². The largest absolute Gasteiger partial charge is 0.478 e. The number of pyridine rings is 1. The first-order valence-corrected chi connectivity index (χ1v) is 5.24. The lowest BCUT2D eigenvalue weighted by Crippen LogP contribution is -1.98. The van der Waals surface area contributed by atoms with Crippen LogP contribution in [-0.2, 0) is 0 Å². The number of hydrogen-bond acceptors (Lipinski definition) is 2. The lowest BCUT2D eigenvalue weighted by molar-refractivity contribution is 0.0699. The SMILES string of the molecule is O=C(O)c1ccnc2c(Br)cc(Cl)cc12. The summed E-state index contributed by atoms with van der Waals surface area (Å²) >= 11 is 9.14. The van der Waals surface area contributed by atoms with Crippen LogP contribution in [0.1, 0.15) is 10.4 Å². The van der Waals surface area contributed by atoms with E-state index in [9.17, 15) is 4.79 Å². The van der Waals surface area contributed by atoms with Crippen molar-refractivity contribution in [1.29, 1.82) is 0 Å². The Labute approximate surface area is 98.8 Å². The van der Waals surface area contributed by atoms with Crippen LogP contribution in [0.3, 0.4) is 0 Å². The van der Waals surface area contributed by atoms with E-state index < -0.39 is 5.97 Å². The molecule has 1 N–H and O–H groups in total. The number of carbonyl (C=O) groups is 1. The van der Waals surface area contributed by atoms with Crippen LogP contribution in [-0.4, -0.2) is 16.1 Å². The average Bonchev–Trinajstić information content (AvgIpc) is 2.16. The zero-order valence-corrected chi connectivity index (χ0v) is 9.71. The molecule has 0 saturated carbocycles. The molecule has 0 saturated heterocycles. The van der Waals surface area contributed by atoms with Gasteiger partial charge in [0, 0.05) is 21.1 Å². The molecule has 2 aromatic rings. The van der Waals surface area contributed by atoms with Gasteiger partial charge in [0.15, 0.2) is 0 Å². The summed E-state index contributed by atoms with van der Waals surface area (Å²) in [6.07, 6.45) is 1.46. The van der Waals surface area contributed by atoms with Gasteiger partial charge in [-0.25, -0.2) is 4.79 Å². The molecule has 5 heteroatoms. The van der Waals surface area contributed by atoms with Crippen molar-refractivity contribution in [2.45, 2.75) is 0 Å². The number of halogens is 2. The Balaban J connectivity index is 2.91. The first-order valence-electron chi connectivity index (χ1n) is 4.06. The molecule has 0 aliphatic carbocycles. The van der Waals surface area contributed by atoms with E-state index in [1.807, 2.05) is 0 Å². The topological polar surface area (TPSA) is 50.2 Å². The van der Waals surface area contributed by atoms with Crippen LogP contribution < -0.4 is 0 Å². The van der Waals surface area contributed by atoms with Gasteiger partial charge in [-0.3, -0.25) is 4.98 Å². The first kappa shape index (κ1) is 10.4. The molecule has 2 rings (SSSR count). The minimum Gasteiger partial charge on any atom is -0.478 e. The highest BCUT2D eigenvalue weighted by atomic mass is 79.9. The molecule has 0 aliphatic rings. The van der Waals surface area contributed by atoms with Crippen molar-refractivity contribution in [2.75, 3.05) is 0 Å². The Kier molecular flexibility index (Phi) is 2.63. The van der Waals surface area contributed by atoms with E-state index in [2.05, 4.69) is 20.9 Å². The first-order chi connectivity index (χ1) is 7.09. The molecular weight excluding hydrogens is 281 g/mol. The third-order valence-electron chi connectivity index (χ3n) is 1.99. The molecule has 1 aromatic heterocycles. The number of carboxylic acids is 1. The van der Waals surface area contributed by atoms with Crippen LogP contribution in [0.15, 0.2) is 28.9 Å². The zero-order valence-electron chi connectivity index (χ0n) is 7.37. The van der Waals surface area contributed by atoms with Crippen molar-refractivity contribution in [3.63, 3.8) is 0 Å². The van der Waals surface area contributed by atoms with Gasteiger partial charge < -0.3 is 5.11 Å². The van der Waals surface area contributed by atoms with Crippen LogP contribution in [0, 0.1) is 0 Å². The van der Waals surface area contributed by atoms with E-state index in [-0.39, 0.29) is 5.56 Å². The number of fused-ring (bicyclic) bond motifs is 1. The Morgan fingerprint density at radius 2 is 2.20 bits per heavy atom. The van der Waals surface area contributed by atoms with Crippen molar-refractivity contribution in [1.82, 2.24) is 4.98 Å². The summed E-state index contributed by atoms with van der Waals surface area (Å²) in [6.45, 7) is 0. The van der Waals surface area contributed by atoms with Gasteiger partial charge in [-0.15, -0.1) is 0 Å². The molecule has 0 aliphatic heterocycles. The van der Waals surface area contributed by atoms with Crippen molar-refractivity contribution < 1.29 is 9.90 Å². The van der Waals surface area contributed by atoms with Gasteiger partial charge in [-0.2, -0.15) is 0 Å². The van der Waals surface area contributed by atoms with Crippen molar-refractivity contribution >= 4 is 44.4 Å². The van der Waals surface area contributed by atoms with Gasteiger partial charge in [0.1, 0.15) is 0 Å². The Hall–Kier alpha value is -1.13. The van der Waals surface area contributed by atoms with E-state index in [0.29, 0.717) is 20.4 Å². The fourth-order valence-corrected chi connectivity index (χ4v) is 2.28. The predicted molar refractivity (Wildman–Crippen MR) is 61.4 cm³/mol. The lowest BCUT2D eigenvalue weighted by atomic mass is 10.1. The fourth-order valence-electron chi connectivity index (χ4n) is 1.37. The summed E-state index contributed by atoms with van der Waals surface area (Å²) in [7, 11) is 0. The van der Waals surface area contributed by atoms with E-state index in [0.717, 1.165) is 0 Å². The van der Waals surface area contributed by atoms with E-state index >= 15 is 0 Å². The Bertz CT molecular complexity index is 556. The molecule has 15 heavy (non-hydrogen) atoms. The number of carboxylic acid groups (broad SMARTS) is 1. The zero-order chi connectivity index (χ0) is 11.0. The van der Waals surface area contributed by atoms with Crippen molar-refractivity contribution in [2.24, 2.45) is 0 Å². The Morgan fingerprint density at radius 1 is 1.47 bits per heavy atom. The van der Waals surface area contributed by atoms with Gasteiger partial charge in [0.25, 0.3) is 0 Å². The molecule has 1 heterocycles. The number of nitrogens with zero attached hydrogens (tertiary/aromatic N) is 1. The standard InChI is InChI=1S/C10H5BrClNO2/c11-8-4-5(12)3-7-6(10(14)15)1-2-13-9(7)8/h1-4H,(H,14,15). The minimum atomic E-state index is -0.989. The number of hydrogen-bond donors (Lipinski definition) is 1. The molecule has 76 valence electrons. The van der Waals surface area contributed by atoms with Gasteiger partial charge in [0.2, 0.25) is 0 Å². The number of aromatic carboxylic acids is 1. The quantitative estimate of drug-likeness (QED) is 0.874. The molecule has 0 atom stereocenters. The summed E-state index contributed by atoms with van der Waals surface area (Å²) in [5, 5.41) is 9.99. The van der Waals surface area contributed by atoms with E-state index in [1.54, 1.807) is 12.1 Å². The third-order valence-corrected chi connectivity index (χ3v) is 2.82. The molecule has 0 unspecified atom stereocenters. The Morgan fingerprint density at radius 3 is 2.87 bits per heavy atom. The summed E-state index contributed by atoms with van der Waals surface area (Å²) in [5.74, 6) is -0.989. The third kappa shape index (κ3) is 1.82. The number of rotatable bonds is 1. The normalized spacial score (nSPS) is 10.5. The summed E-state index contributed by atoms with van der Waals surface area (Å²) in [5.41, 5.74) is 0.794. The highest BCUT2D eigenvalue weighted by Crippen LogP contribution is 2.28. The van der Waals surface area contributed by atoms with Crippen LogP contribution in [0.25, 0.3) is 10.9 Å². The van der Waals surface area contributed by atoms with E-state index in [1.165, 1.54) is 12.3 Å². The second kappa shape index (κ2) is 3.79. The van der Waals surface area contributed by atoms with E-state index in [4.69, 9.17) is 16.7 Å². The van der Waals surface area contributed by atoms with Crippen molar-refractivity contribution in [3.05, 3.63) is 39.5 Å². The molecule has 0 bridgehead atoms. The number of benzene rings is 1. The predicted octanol–water partition coefficient (Wildman–Crippen LogP) is 3.35. The second-order valence-electron chi connectivity index (χ2n) is 2.95. The highest BCUT2D eigenvalue weighted by molar-refractivity contribution is 9.10. The number of aromatic nitrogens is 1. The molecular formula is C10H5BrClNO2. The maximum atomic E-state index is 11.0. The van der Waals surface area contributed by atoms with Gasteiger partial charge in [-0.1, -0.05) is 11.6 Å². The molecule has 0 radical (unpaired) electrons. The smallest absolute Gasteiger partial charge is 0.336 e.